The summed E-state index contributed by atoms with van der Waals surface area (Å²) in [6, 6.07) is 15.8. The minimum Gasteiger partial charge on any atom is -0.478 e. The Bertz CT molecular complexity index is 1240. The highest BCUT2D eigenvalue weighted by Gasteiger charge is 2.20. The monoisotopic (exact) mass is 523 g/mol. The van der Waals surface area contributed by atoms with Crippen LogP contribution in [0.1, 0.15) is 71.1 Å². The Balaban J connectivity index is 1.64. The summed E-state index contributed by atoms with van der Waals surface area (Å²) in [7, 11) is 0. The Morgan fingerprint density at radius 3 is 2.24 bits per heavy atom. The number of ether oxygens (including phenoxy) is 2. The summed E-state index contributed by atoms with van der Waals surface area (Å²) in [5.41, 5.74) is 3.92. The van der Waals surface area contributed by atoms with E-state index in [2.05, 4.69) is 19.2 Å². The second kappa shape index (κ2) is 13.0. The van der Waals surface area contributed by atoms with Crippen LogP contribution < -0.4 is 10.1 Å². The molecular weight excluding hydrogens is 485 g/mol. The van der Waals surface area contributed by atoms with E-state index in [4.69, 9.17) is 9.47 Å². The van der Waals surface area contributed by atoms with Crippen LogP contribution in [0.5, 0.6) is 11.5 Å². The molecule has 0 amide bonds. The molecule has 0 saturated carbocycles. The lowest BCUT2D eigenvalue weighted by Crippen LogP contribution is -2.35. The lowest BCUT2D eigenvalue weighted by Gasteiger charge is -2.25. The fourth-order valence-electron chi connectivity index (χ4n) is 4.46. The first-order chi connectivity index (χ1) is 18.0. The van der Waals surface area contributed by atoms with E-state index in [0.717, 1.165) is 22.3 Å². The molecule has 2 unspecified atom stereocenters. The fourth-order valence-corrected chi connectivity index (χ4v) is 4.46. The molecule has 0 saturated heterocycles. The molecule has 0 aromatic heterocycles. The number of aliphatic hydroxyl groups is 1. The zero-order valence-corrected chi connectivity index (χ0v) is 22.9. The van der Waals surface area contributed by atoms with Gasteiger partial charge in [0.05, 0.1) is 24.4 Å². The standard InChI is InChI=1S/C31H38FNO5/c1-18(2)29(23-12-11-19(3)27(32)15-23)33-16-25(34)17-37-22(6)26-9-7-8-10-28(26)38-30-20(4)13-24(31(35)36)14-21(30)5/h7-15,18,22,25,29,33-34H,16-17H2,1-6H3,(H,35,36)/t22?,25-,29?/m1/s1. The summed E-state index contributed by atoms with van der Waals surface area (Å²) in [4.78, 5) is 11.4. The molecule has 7 heteroatoms. The molecule has 0 aliphatic carbocycles. The number of hydrogen-bond acceptors (Lipinski definition) is 5. The third kappa shape index (κ3) is 7.40. The third-order valence-corrected chi connectivity index (χ3v) is 6.61. The molecule has 3 aromatic rings. The lowest BCUT2D eigenvalue weighted by atomic mass is 9.95. The number of halogens is 1. The smallest absolute Gasteiger partial charge is 0.335 e. The van der Waals surface area contributed by atoms with Crippen LogP contribution in [-0.2, 0) is 4.74 Å². The summed E-state index contributed by atoms with van der Waals surface area (Å²) in [5.74, 6) is 0.180. The van der Waals surface area contributed by atoms with Crippen molar-refractivity contribution in [2.75, 3.05) is 13.2 Å². The highest BCUT2D eigenvalue weighted by atomic mass is 19.1. The number of carbonyl (C=O) groups is 1. The summed E-state index contributed by atoms with van der Waals surface area (Å²) in [6.07, 6.45) is -1.14. The first-order valence-electron chi connectivity index (χ1n) is 12.9. The number of carboxylic acids is 1. The molecule has 0 radical (unpaired) electrons. The first-order valence-corrected chi connectivity index (χ1v) is 12.9. The molecule has 0 spiro atoms. The van der Waals surface area contributed by atoms with Gasteiger partial charge in [-0.3, -0.25) is 0 Å². The molecule has 204 valence electrons. The average molecular weight is 524 g/mol. The second-order valence-electron chi connectivity index (χ2n) is 10.2. The van der Waals surface area contributed by atoms with Gasteiger partial charge in [0.25, 0.3) is 0 Å². The minimum atomic E-state index is -0.982. The number of hydrogen-bond donors (Lipinski definition) is 3. The van der Waals surface area contributed by atoms with Crippen LogP contribution in [-0.4, -0.2) is 35.4 Å². The summed E-state index contributed by atoms with van der Waals surface area (Å²) in [6.45, 7) is 11.7. The summed E-state index contributed by atoms with van der Waals surface area (Å²) >= 11 is 0. The van der Waals surface area contributed by atoms with Gasteiger partial charge in [-0.15, -0.1) is 0 Å². The average Bonchev–Trinajstić information content (AvgIpc) is 2.86. The number of para-hydroxylation sites is 1. The van der Waals surface area contributed by atoms with Gasteiger partial charge in [-0.25, -0.2) is 9.18 Å². The van der Waals surface area contributed by atoms with Gasteiger partial charge in [0.2, 0.25) is 0 Å². The predicted octanol–water partition coefficient (Wildman–Crippen LogP) is 6.67. The van der Waals surface area contributed by atoms with Crippen molar-refractivity contribution < 1.29 is 28.9 Å². The van der Waals surface area contributed by atoms with Crippen molar-refractivity contribution in [3.8, 4) is 11.5 Å². The van der Waals surface area contributed by atoms with E-state index in [-0.39, 0.29) is 42.6 Å². The van der Waals surface area contributed by atoms with Crippen molar-refractivity contribution in [2.24, 2.45) is 5.92 Å². The van der Waals surface area contributed by atoms with E-state index >= 15 is 0 Å². The van der Waals surface area contributed by atoms with Crippen LogP contribution in [0, 0.1) is 32.5 Å². The van der Waals surface area contributed by atoms with E-state index in [1.165, 1.54) is 0 Å². The summed E-state index contributed by atoms with van der Waals surface area (Å²) in [5, 5.41) is 23.3. The highest BCUT2D eigenvalue weighted by molar-refractivity contribution is 5.88. The largest absolute Gasteiger partial charge is 0.478 e. The van der Waals surface area contributed by atoms with Gasteiger partial charge < -0.3 is 25.0 Å². The number of benzene rings is 3. The number of aromatic carboxylic acids is 1. The number of nitrogens with one attached hydrogen (secondary N) is 1. The van der Waals surface area contributed by atoms with Crippen LogP contribution in [0.4, 0.5) is 4.39 Å². The van der Waals surface area contributed by atoms with Crippen LogP contribution in [0.2, 0.25) is 0 Å². The van der Waals surface area contributed by atoms with Gasteiger partial charge in [0.15, 0.2) is 0 Å². The van der Waals surface area contributed by atoms with Gasteiger partial charge in [0, 0.05) is 18.2 Å². The summed E-state index contributed by atoms with van der Waals surface area (Å²) < 4.78 is 26.3. The number of rotatable bonds is 12. The SMILES string of the molecule is Cc1ccc(C(NC[C@@H](O)COC(C)c2ccccc2Oc2c(C)cc(C(=O)O)cc2C)C(C)C)cc1F. The van der Waals surface area contributed by atoms with Crippen molar-refractivity contribution in [3.05, 3.63) is 93.8 Å². The molecule has 6 nitrogen and oxygen atoms in total. The molecule has 3 N–H and O–H groups in total. The number of aryl methyl sites for hydroxylation is 3. The van der Waals surface area contributed by atoms with Crippen LogP contribution in [0.15, 0.2) is 54.6 Å². The van der Waals surface area contributed by atoms with Crippen LogP contribution >= 0.6 is 0 Å². The Morgan fingerprint density at radius 1 is 0.974 bits per heavy atom. The van der Waals surface area contributed by atoms with Crippen molar-refractivity contribution in [1.82, 2.24) is 5.32 Å². The Kier molecular flexibility index (Phi) is 10.0. The fraction of sp³-hybridized carbons (Fsp3) is 0.387. The Hall–Kier alpha value is -3.26. The van der Waals surface area contributed by atoms with E-state index in [0.29, 0.717) is 17.1 Å². The first kappa shape index (κ1) is 29.3. The van der Waals surface area contributed by atoms with Gasteiger partial charge in [0.1, 0.15) is 17.3 Å². The minimum absolute atomic E-state index is 0.0982. The zero-order valence-electron chi connectivity index (χ0n) is 22.9. The Morgan fingerprint density at radius 2 is 1.63 bits per heavy atom. The van der Waals surface area contributed by atoms with E-state index in [1.807, 2.05) is 51.1 Å². The molecule has 0 heterocycles. The maximum Gasteiger partial charge on any atom is 0.335 e. The van der Waals surface area contributed by atoms with E-state index in [9.17, 15) is 19.4 Å². The van der Waals surface area contributed by atoms with E-state index < -0.39 is 12.1 Å². The van der Waals surface area contributed by atoms with Crippen LogP contribution in [0.25, 0.3) is 0 Å². The number of carboxylic acid groups (broad SMARTS) is 1. The van der Waals surface area contributed by atoms with Gasteiger partial charge in [-0.1, -0.05) is 44.2 Å². The third-order valence-electron chi connectivity index (χ3n) is 6.61. The van der Waals surface area contributed by atoms with Gasteiger partial charge >= 0.3 is 5.97 Å². The normalized spacial score (nSPS) is 13.8. The second-order valence-corrected chi connectivity index (χ2v) is 10.2. The molecule has 0 aliphatic heterocycles. The molecule has 3 aromatic carbocycles. The number of aliphatic hydroxyl groups excluding tert-OH is 1. The van der Waals surface area contributed by atoms with E-state index in [1.54, 1.807) is 31.2 Å². The van der Waals surface area contributed by atoms with Crippen molar-refractivity contribution in [1.29, 1.82) is 0 Å². The van der Waals surface area contributed by atoms with Crippen molar-refractivity contribution in [3.63, 3.8) is 0 Å². The maximum atomic E-state index is 14.1. The molecule has 3 rings (SSSR count). The molecular formula is C31H38FNO5. The topological polar surface area (TPSA) is 88.0 Å². The molecule has 3 atom stereocenters. The molecule has 0 bridgehead atoms. The maximum absolute atomic E-state index is 14.1. The molecule has 38 heavy (non-hydrogen) atoms. The van der Waals surface area contributed by atoms with Crippen molar-refractivity contribution >= 4 is 5.97 Å². The zero-order chi connectivity index (χ0) is 28.0. The quantitative estimate of drug-likeness (QED) is 0.246. The van der Waals surface area contributed by atoms with Gasteiger partial charge in [-0.2, -0.15) is 0 Å². The van der Waals surface area contributed by atoms with Gasteiger partial charge in [-0.05, 0) is 80.1 Å². The lowest BCUT2D eigenvalue weighted by molar-refractivity contribution is -0.00406. The molecule has 0 fully saturated rings. The van der Waals surface area contributed by atoms with Crippen LogP contribution in [0.3, 0.4) is 0 Å². The van der Waals surface area contributed by atoms with Crippen molar-refractivity contribution in [2.45, 2.75) is 59.8 Å². The molecule has 0 aliphatic rings. The highest BCUT2D eigenvalue weighted by Crippen LogP contribution is 2.35. The Labute approximate surface area is 224 Å². The predicted molar refractivity (Wildman–Crippen MR) is 146 cm³/mol.